The zero-order valence-corrected chi connectivity index (χ0v) is 12.7. The highest BCUT2D eigenvalue weighted by Gasteiger charge is 2.12. The molecule has 0 aliphatic rings. The van der Waals surface area contributed by atoms with Crippen molar-refractivity contribution in [3.63, 3.8) is 0 Å². The van der Waals surface area contributed by atoms with Crippen LogP contribution in [0.3, 0.4) is 0 Å². The van der Waals surface area contributed by atoms with E-state index in [9.17, 15) is 4.79 Å². The Morgan fingerprint density at radius 2 is 1.74 bits per heavy atom. The second kappa shape index (κ2) is 6.44. The molecule has 0 aliphatic carbocycles. The van der Waals surface area contributed by atoms with Gasteiger partial charge in [0.15, 0.2) is 0 Å². The highest BCUT2D eigenvalue weighted by molar-refractivity contribution is 5.88. The van der Waals surface area contributed by atoms with E-state index in [0.29, 0.717) is 17.3 Å². The fraction of sp³-hybridized carbons (Fsp3) is 0.167. The van der Waals surface area contributed by atoms with Crippen molar-refractivity contribution in [2.75, 3.05) is 0 Å². The second-order valence-electron chi connectivity index (χ2n) is 5.25. The van der Waals surface area contributed by atoms with E-state index in [1.54, 1.807) is 12.1 Å². The third-order valence-electron chi connectivity index (χ3n) is 3.52. The first-order valence-corrected chi connectivity index (χ1v) is 7.44. The largest absolute Gasteiger partial charge is 0.478 e. The number of rotatable bonds is 5. The van der Waals surface area contributed by atoms with E-state index in [-0.39, 0.29) is 5.56 Å². The molecule has 3 rings (SSSR count). The van der Waals surface area contributed by atoms with Gasteiger partial charge in [-0.15, -0.1) is 10.2 Å². The minimum atomic E-state index is -0.988. The van der Waals surface area contributed by atoms with Gasteiger partial charge in [-0.05, 0) is 42.3 Å². The summed E-state index contributed by atoms with van der Waals surface area (Å²) < 4.78 is 5.68. The van der Waals surface area contributed by atoms with Crippen molar-refractivity contribution in [2.45, 2.75) is 19.8 Å². The smallest absolute Gasteiger partial charge is 0.335 e. The van der Waals surface area contributed by atoms with Gasteiger partial charge in [0.2, 0.25) is 11.8 Å². The van der Waals surface area contributed by atoms with Crippen molar-refractivity contribution in [3.8, 4) is 22.9 Å². The van der Waals surface area contributed by atoms with Gasteiger partial charge in [0.1, 0.15) is 0 Å². The summed E-state index contributed by atoms with van der Waals surface area (Å²) in [4.78, 5) is 11.0. The van der Waals surface area contributed by atoms with Crippen LogP contribution in [0, 0.1) is 0 Å². The van der Waals surface area contributed by atoms with Crippen LogP contribution < -0.4 is 0 Å². The second-order valence-corrected chi connectivity index (χ2v) is 5.25. The maximum Gasteiger partial charge on any atom is 0.335 e. The molecular weight excluding hydrogens is 292 g/mol. The van der Waals surface area contributed by atoms with E-state index in [2.05, 4.69) is 17.1 Å². The Bertz CT molecular complexity index is 822. The van der Waals surface area contributed by atoms with Gasteiger partial charge in [-0.2, -0.15) is 0 Å². The highest BCUT2D eigenvalue weighted by Crippen LogP contribution is 2.25. The van der Waals surface area contributed by atoms with Gasteiger partial charge >= 0.3 is 5.97 Å². The lowest BCUT2D eigenvalue weighted by atomic mass is 10.1. The molecular formula is C18H16N2O3. The summed E-state index contributed by atoms with van der Waals surface area (Å²) in [5.41, 5.74) is 2.89. The quantitative estimate of drug-likeness (QED) is 0.769. The number of aromatic nitrogens is 2. The maximum absolute atomic E-state index is 11.0. The van der Waals surface area contributed by atoms with Crippen LogP contribution in [0.1, 0.15) is 29.3 Å². The molecule has 1 aromatic heterocycles. The zero-order valence-electron chi connectivity index (χ0n) is 12.7. The first-order chi connectivity index (χ1) is 11.2. The van der Waals surface area contributed by atoms with Gasteiger partial charge in [-0.3, -0.25) is 0 Å². The lowest BCUT2D eigenvalue weighted by Crippen LogP contribution is -1.95. The molecule has 2 aromatic carbocycles. The molecule has 0 radical (unpaired) electrons. The molecule has 116 valence electrons. The number of benzene rings is 2. The van der Waals surface area contributed by atoms with Crippen LogP contribution in [-0.2, 0) is 6.42 Å². The molecule has 0 fully saturated rings. The Kier molecular flexibility index (Phi) is 4.19. The molecule has 1 N–H and O–H groups in total. The van der Waals surface area contributed by atoms with Crippen LogP contribution >= 0.6 is 0 Å². The van der Waals surface area contributed by atoms with Crippen molar-refractivity contribution in [2.24, 2.45) is 0 Å². The molecule has 5 heteroatoms. The van der Waals surface area contributed by atoms with E-state index in [0.717, 1.165) is 18.4 Å². The lowest BCUT2D eigenvalue weighted by Gasteiger charge is -2.00. The number of carbonyl (C=O) groups is 1. The van der Waals surface area contributed by atoms with Crippen molar-refractivity contribution in [1.82, 2.24) is 10.2 Å². The minimum Gasteiger partial charge on any atom is -0.478 e. The Balaban J connectivity index is 1.88. The number of aryl methyl sites for hydroxylation is 1. The molecule has 3 aromatic rings. The summed E-state index contributed by atoms with van der Waals surface area (Å²) in [6.45, 7) is 2.14. The first kappa shape index (κ1) is 15.0. The van der Waals surface area contributed by atoms with Crippen LogP contribution in [0.2, 0.25) is 0 Å². The third kappa shape index (κ3) is 3.29. The van der Waals surface area contributed by atoms with Crippen LogP contribution in [-0.4, -0.2) is 21.3 Å². The fourth-order valence-electron chi connectivity index (χ4n) is 2.34. The average molecular weight is 308 g/mol. The van der Waals surface area contributed by atoms with Crippen LogP contribution in [0.25, 0.3) is 22.9 Å². The molecule has 0 atom stereocenters. The summed E-state index contributed by atoms with van der Waals surface area (Å²) in [7, 11) is 0. The maximum atomic E-state index is 11.0. The number of hydrogen-bond donors (Lipinski definition) is 1. The molecule has 0 unspecified atom stereocenters. The lowest BCUT2D eigenvalue weighted by molar-refractivity contribution is 0.0697. The van der Waals surface area contributed by atoms with E-state index < -0.39 is 5.97 Å². The summed E-state index contributed by atoms with van der Waals surface area (Å²) in [6, 6.07) is 14.4. The Hall–Kier alpha value is -2.95. The summed E-state index contributed by atoms with van der Waals surface area (Å²) in [5.74, 6) is -0.261. The van der Waals surface area contributed by atoms with E-state index >= 15 is 0 Å². The van der Waals surface area contributed by atoms with Crippen LogP contribution in [0.4, 0.5) is 0 Å². The van der Waals surface area contributed by atoms with Crippen molar-refractivity contribution in [1.29, 1.82) is 0 Å². The molecule has 0 bridgehead atoms. The molecule has 1 heterocycles. The normalized spacial score (nSPS) is 10.7. The Morgan fingerprint density at radius 3 is 2.39 bits per heavy atom. The van der Waals surface area contributed by atoms with Crippen LogP contribution in [0.15, 0.2) is 52.9 Å². The van der Waals surface area contributed by atoms with Gasteiger partial charge in [-0.1, -0.05) is 31.5 Å². The number of hydrogen-bond acceptors (Lipinski definition) is 4. The number of carboxylic acid groups (broad SMARTS) is 1. The number of aromatic carboxylic acids is 1. The predicted octanol–water partition coefficient (Wildman–Crippen LogP) is 4.05. The monoisotopic (exact) mass is 308 g/mol. The van der Waals surface area contributed by atoms with E-state index in [1.165, 1.54) is 17.7 Å². The van der Waals surface area contributed by atoms with Gasteiger partial charge in [0.25, 0.3) is 0 Å². The van der Waals surface area contributed by atoms with Gasteiger partial charge in [0.05, 0.1) is 5.56 Å². The first-order valence-electron chi connectivity index (χ1n) is 7.44. The van der Waals surface area contributed by atoms with Crippen molar-refractivity contribution in [3.05, 3.63) is 59.7 Å². The summed E-state index contributed by atoms with van der Waals surface area (Å²) in [6.07, 6.45) is 2.14. The topological polar surface area (TPSA) is 76.2 Å². The van der Waals surface area contributed by atoms with Crippen LogP contribution in [0.5, 0.6) is 0 Å². The Morgan fingerprint density at radius 1 is 1.04 bits per heavy atom. The standard InChI is InChI=1S/C18H16N2O3/c1-2-4-12-7-9-13(10-8-12)16-19-20-17(23-16)14-5-3-6-15(11-14)18(21)22/h3,5-11H,2,4H2,1H3,(H,21,22). The minimum absolute atomic E-state index is 0.186. The SMILES string of the molecule is CCCc1ccc(-c2nnc(-c3cccc(C(=O)O)c3)o2)cc1. The van der Waals surface area contributed by atoms with Gasteiger partial charge < -0.3 is 9.52 Å². The van der Waals surface area contributed by atoms with Crippen molar-refractivity contribution < 1.29 is 14.3 Å². The fourth-order valence-corrected chi connectivity index (χ4v) is 2.34. The molecule has 0 saturated heterocycles. The summed E-state index contributed by atoms with van der Waals surface area (Å²) >= 11 is 0. The summed E-state index contributed by atoms with van der Waals surface area (Å²) in [5, 5.41) is 17.1. The van der Waals surface area contributed by atoms with Gasteiger partial charge in [0, 0.05) is 11.1 Å². The molecule has 0 spiro atoms. The number of nitrogens with zero attached hydrogens (tertiary/aromatic N) is 2. The molecule has 5 nitrogen and oxygen atoms in total. The van der Waals surface area contributed by atoms with Crippen molar-refractivity contribution >= 4 is 5.97 Å². The number of carboxylic acids is 1. The van der Waals surface area contributed by atoms with Gasteiger partial charge in [-0.25, -0.2) is 4.79 Å². The van der Waals surface area contributed by atoms with E-state index in [1.807, 2.05) is 24.3 Å². The zero-order chi connectivity index (χ0) is 16.2. The Labute approximate surface area is 133 Å². The molecule has 23 heavy (non-hydrogen) atoms. The highest BCUT2D eigenvalue weighted by atomic mass is 16.4. The van der Waals surface area contributed by atoms with E-state index in [4.69, 9.17) is 9.52 Å². The predicted molar refractivity (Wildman–Crippen MR) is 86.1 cm³/mol. The average Bonchev–Trinajstić information content (AvgIpc) is 3.06. The molecule has 0 aliphatic heterocycles. The molecule has 0 amide bonds. The third-order valence-corrected chi connectivity index (χ3v) is 3.52. The molecule has 0 saturated carbocycles.